The van der Waals surface area contributed by atoms with Crippen LogP contribution in [0.3, 0.4) is 0 Å². The van der Waals surface area contributed by atoms with Gasteiger partial charge in [-0.25, -0.2) is 0 Å². The molecule has 2 N–H and O–H groups in total. The van der Waals surface area contributed by atoms with Crippen LogP contribution >= 0.6 is 11.6 Å². The number of fused-ring (bicyclic) bond motifs is 1. The first kappa shape index (κ1) is 24.9. The quantitative estimate of drug-likeness (QED) is 0.556. The summed E-state index contributed by atoms with van der Waals surface area (Å²) in [6, 6.07) is 6.29. The highest BCUT2D eigenvalue weighted by molar-refractivity contribution is 6.30. The number of likely N-dealkylation sites (tertiary alicyclic amines) is 1. The number of anilines is 1. The number of carbonyl (C=O) groups is 3. The van der Waals surface area contributed by atoms with Gasteiger partial charge in [0.25, 0.3) is 0 Å². The molecule has 7 nitrogen and oxygen atoms in total. The predicted octanol–water partition coefficient (Wildman–Crippen LogP) is 4.46. The maximum absolute atomic E-state index is 14.2. The second kappa shape index (κ2) is 9.73. The number of carbonyl (C=O) groups excluding carboxylic acids is 3. The third kappa shape index (κ3) is 4.28. The van der Waals surface area contributed by atoms with Crippen molar-refractivity contribution in [2.75, 3.05) is 5.32 Å². The van der Waals surface area contributed by atoms with Crippen molar-refractivity contribution in [1.82, 2.24) is 10.2 Å². The van der Waals surface area contributed by atoms with Crippen LogP contribution < -0.4 is 10.6 Å². The van der Waals surface area contributed by atoms with E-state index in [-0.39, 0.29) is 29.8 Å². The van der Waals surface area contributed by atoms with Crippen LogP contribution in [-0.4, -0.2) is 52.5 Å². The van der Waals surface area contributed by atoms with Gasteiger partial charge in [-0.1, -0.05) is 49.9 Å². The van der Waals surface area contributed by atoms with Crippen LogP contribution in [0.5, 0.6) is 0 Å². The molecule has 8 heteroatoms. The normalized spacial score (nSPS) is 37.0. The van der Waals surface area contributed by atoms with Crippen molar-refractivity contribution in [3.05, 3.63) is 41.4 Å². The van der Waals surface area contributed by atoms with E-state index in [1.54, 1.807) is 24.3 Å². The van der Waals surface area contributed by atoms with E-state index in [9.17, 15) is 14.4 Å². The largest absolute Gasteiger partial charge is 0.359 e. The topological polar surface area (TPSA) is 87.7 Å². The van der Waals surface area contributed by atoms with E-state index in [0.717, 1.165) is 51.4 Å². The van der Waals surface area contributed by atoms with Crippen molar-refractivity contribution in [1.29, 1.82) is 0 Å². The Labute approximate surface area is 223 Å². The highest BCUT2D eigenvalue weighted by Crippen LogP contribution is 2.56. The van der Waals surface area contributed by atoms with Gasteiger partial charge in [0.2, 0.25) is 17.7 Å². The summed E-state index contributed by atoms with van der Waals surface area (Å²) in [4.78, 5) is 43.6. The molecular weight excluding hydrogens is 490 g/mol. The summed E-state index contributed by atoms with van der Waals surface area (Å²) in [6.45, 7) is 2.24. The number of hydrogen-bond acceptors (Lipinski definition) is 4. The van der Waals surface area contributed by atoms with Crippen LogP contribution in [0.2, 0.25) is 5.02 Å². The van der Waals surface area contributed by atoms with Gasteiger partial charge in [0.05, 0.1) is 17.9 Å². The molecule has 0 aromatic heterocycles. The molecular formula is C29H36ClN3O4. The minimum atomic E-state index is -1.11. The lowest BCUT2D eigenvalue weighted by Crippen LogP contribution is -2.58. The first-order valence-electron chi connectivity index (χ1n) is 13.9. The van der Waals surface area contributed by atoms with Gasteiger partial charge in [-0.05, 0) is 68.7 Å². The fraction of sp³-hybridized carbons (Fsp3) is 0.621. The van der Waals surface area contributed by atoms with E-state index in [1.165, 1.54) is 6.42 Å². The van der Waals surface area contributed by atoms with Gasteiger partial charge in [0.15, 0.2) is 0 Å². The summed E-state index contributed by atoms with van der Waals surface area (Å²) in [5.74, 6) is -1.30. The molecule has 5 atom stereocenters. The molecule has 3 amide bonds. The first-order valence-corrected chi connectivity index (χ1v) is 14.3. The number of amides is 3. The molecule has 3 unspecified atom stereocenters. The number of rotatable bonds is 5. The molecule has 1 aromatic carbocycles. The number of benzene rings is 1. The Morgan fingerprint density at radius 2 is 1.70 bits per heavy atom. The van der Waals surface area contributed by atoms with Crippen LogP contribution in [-0.2, 0) is 19.1 Å². The van der Waals surface area contributed by atoms with Crippen LogP contribution in [0.15, 0.2) is 36.4 Å². The molecule has 2 bridgehead atoms. The monoisotopic (exact) mass is 525 g/mol. The summed E-state index contributed by atoms with van der Waals surface area (Å²) in [5, 5.41) is 6.81. The fourth-order valence-corrected chi connectivity index (χ4v) is 7.53. The van der Waals surface area contributed by atoms with Gasteiger partial charge >= 0.3 is 0 Å². The molecule has 4 fully saturated rings. The molecule has 0 radical (unpaired) electrons. The SMILES string of the molecule is CC1CCC(N2C(=O)[C@@H]3C(C(=O)Nc4ccc(Cl)cc4)[C@@H]4C=CC3(O4)C2C(=O)NC2CCCCC2)CC1. The molecule has 2 saturated heterocycles. The fourth-order valence-electron chi connectivity index (χ4n) is 7.41. The molecule has 6 rings (SSSR count). The Bertz CT molecular complexity index is 1090. The zero-order valence-electron chi connectivity index (χ0n) is 21.3. The van der Waals surface area contributed by atoms with Crippen LogP contribution in [0.1, 0.15) is 64.7 Å². The maximum Gasteiger partial charge on any atom is 0.246 e. The number of nitrogens with zero attached hydrogens (tertiary/aromatic N) is 1. The third-order valence-electron chi connectivity index (χ3n) is 9.31. The van der Waals surface area contributed by atoms with Crippen molar-refractivity contribution in [2.45, 2.75) is 94.5 Å². The number of halogens is 1. The molecule has 3 aliphatic heterocycles. The Morgan fingerprint density at radius 3 is 2.41 bits per heavy atom. The molecule has 1 spiro atoms. The van der Waals surface area contributed by atoms with Crippen LogP contribution in [0, 0.1) is 17.8 Å². The highest BCUT2D eigenvalue weighted by atomic mass is 35.5. The van der Waals surface area contributed by atoms with Gasteiger partial charge in [-0.3, -0.25) is 14.4 Å². The molecule has 5 aliphatic rings. The average Bonchev–Trinajstić information content (AvgIpc) is 3.54. The summed E-state index contributed by atoms with van der Waals surface area (Å²) >= 11 is 6.00. The van der Waals surface area contributed by atoms with Gasteiger partial charge in [0, 0.05) is 22.8 Å². The molecule has 2 aliphatic carbocycles. The molecule has 1 aromatic rings. The maximum atomic E-state index is 14.2. The lowest BCUT2D eigenvalue weighted by molar-refractivity contribution is -0.145. The third-order valence-corrected chi connectivity index (χ3v) is 9.56. The van der Waals surface area contributed by atoms with Crippen molar-refractivity contribution in [3.8, 4) is 0 Å². The summed E-state index contributed by atoms with van der Waals surface area (Å²) < 4.78 is 6.49. The molecule has 37 heavy (non-hydrogen) atoms. The lowest BCUT2D eigenvalue weighted by atomic mass is 9.74. The Hall–Kier alpha value is -2.38. The molecule has 198 valence electrons. The van der Waals surface area contributed by atoms with Gasteiger partial charge < -0.3 is 20.3 Å². The zero-order chi connectivity index (χ0) is 25.7. The highest BCUT2D eigenvalue weighted by Gasteiger charge is 2.73. The van der Waals surface area contributed by atoms with Crippen molar-refractivity contribution in [3.63, 3.8) is 0 Å². The van der Waals surface area contributed by atoms with Crippen molar-refractivity contribution >= 4 is 35.0 Å². The van der Waals surface area contributed by atoms with E-state index < -0.39 is 29.6 Å². The van der Waals surface area contributed by atoms with E-state index in [0.29, 0.717) is 16.6 Å². The van der Waals surface area contributed by atoms with E-state index in [2.05, 4.69) is 17.6 Å². The van der Waals surface area contributed by atoms with Gasteiger partial charge in [-0.2, -0.15) is 0 Å². The summed E-state index contributed by atoms with van der Waals surface area (Å²) in [5.41, 5.74) is -0.490. The lowest BCUT2D eigenvalue weighted by Gasteiger charge is -2.40. The van der Waals surface area contributed by atoms with E-state index >= 15 is 0 Å². The number of hydrogen-bond donors (Lipinski definition) is 2. The van der Waals surface area contributed by atoms with Crippen LogP contribution in [0.4, 0.5) is 5.69 Å². The first-order chi connectivity index (χ1) is 17.9. The second-order valence-electron chi connectivity index (χ2n) is 11.7. The minimum Gasteiger partial charge on any atom is -0.359 e. The summed E-state index contributed by atoms with van der Waals surface area (Å²) in [6.07, 6.45) is 12.4. The Balaban J connectivity index is 1.31. The van der Waals surface area contributed by atoms with E-state index in [4.69, 9.17) is 16.3 Å². The molecule has 3 heterocycles. The zero-order valence-corrected chi connectivity index (χ0v) is 22.1. The Kier molecular flexibility index (Phi) is 6.56. The predicted molar refractivity (Wildman–Crippen MR) is 141 cm³/mol. The smallest absolute Gasteiger partial charge is 0.246 e. The molecule has 2 saturated carbocycles. The van der Waals surface area contributed by atoms with Crippen LogP contribution in [0.25, 0.3) is 0 Å². The van der Waals surface area contributed by atoms with Gasteiger partial charge in [0.1, 0.15) is 11.6 Å². The summed E-state index contributed by atoms with van der Waals surface area (Å²) in [7, 11) is 0. The number of nitrogens with one attached hydrogen (secondary N) is 2. The minimum absolute atomic E-state index is 0.0122. The van der Waals surface area contributed by atoms with Crippen molar-refractivity contribution in [2.24, 2.45) is 17.8 Å². The Morgan fingerprint density at radius 1 is 1.00 bits per heavy atom. The standard InChI is InChI=1S/C29H36ClN3O4/c1-17-7-13-21(14-8-17)33-25(27(35)32-19-5-3-2-4-6-19)29-16-15-22(37-29)23(24(29)28(33)36)26(34)31-20-11-9-18(30)10-12-20/h9-12,15-17,19,21-25H,2-8,13-14H2,1H3,(H,31,34)(H,32,35)/t17?,21?,22-,23?,24-,25?,29?/m0/s1. The average molecular weight is 526 g/mol. The number of ether oxygens (including phenoxy) is 1. The van der Waals surface area contributed by atoms with Crippen molar-refractivity contribution < 1.29 is 19.1 Å². The van der Waals surface area contributed by atoms with Gasteiger partial charge in [-0.15, -0.1) is 0 Å². The van der Waals surface area contributed by atoms with E-state index in [1.807, 2.05) is 17.1 Å². The second-order valence-corrected chi connectivity index (χ2v) is 12.1.